The summed E-state index contributed by atoms with van der Waals surface area (Å²) in [5.41, 5.74) is 0.694. The molecule has 1 aromatic heterocycles. The summed E-state index contributed by atoms with van der Waals surface area (Å²) in [7, 11) is -3.40. The second-order valence-electron chi connectivity index (χ2n) is 8.39. The first-order chi connectivity index (χ1) is 14.5. The number of guanidine groups is 1. The molecule has 2 atom stereocenters. The van der Waals surface area contributed by atoms with Crippen LogP contribution >= 0.6 is 0 Å². The SMILES string of the molecule is CCN=C(NC1CC(OCC)C12CCC2)N1CCN(S(=O)(=O)Cc2ccon2)CC1. The zero-order valence-corrected chi connectivity index (χ0v) is 18.7. The number of sulfonamides is 1. The Hall–Kier alpha value is -1.65. The smallest absolute Gasteiger partial charge is 0.220 e. The van der Waals surface area contributed by atoms with E-state index in [1.165, 1.54) is 25.5 Å². The minimum atomic E-state index is -3.40. The summed E-state index contributed by atoms with van der Waals surface area (Å²) in [5.74, 6) is 0.776. The largest absolute Gasteiger partial charge is 0.378 e. The maximum absolute atomic E-state index is 12.7. The molecule has 3 aliphatic rings. The minimum Gasteiger partial charge on any atom is -0.378 e. The molecule has 2 saturated carbocycles. The topological polar surface area (TPSA) is 100 Å². The number of nitrogens with one attached hydrogen (secondary N) is 1. The molecule has 30 heavy (non-hydrogen) atoms. The Labute approximate surface area is 178 Å². The van der Waals surface area contributed by atoms with E-state index in [1.807, 2.05) is 6.92 Å². The van der Waals surface area contributed by atoms with Crippen LogP contribution in [0.25, 0.3) is 0 Å². The highest BCUT2D eigenvalue weighted by Crippen LogP contribution is 2.57. The fraction of sp³-hybridized carbons (Fsp3) is 0.800. The number of nitrogens with zero attached hydrogens (tertiary/aromatic N) is 4. The highest BCUT2D eigenvalue weighted by molar-refractivity contribution is 7.88. The normalized spacial score (nSPS) is 27.0. The molecular weight excluding hydrogens is 406 g/mol. The summed E-state index contributed by atoms with van der Waals surface area (Å²) in [5, 5.41) is 7.43. The molecule has 1 aliphatic heterocycles. The van der Waals surface area contributed by atoms with Gasteiger partial charge in [0, 0.05) is 56.9 Å². The summed E-state index contributed by atoms with van der Waals surface area (Å²) in [6, 6.07) is 1.98. The van der Waals surface area contributed by atoms with Crippen molar-refractivity contribution in [2.45, 2.75) is 57.4 Å². The fourth-order valence-corrected chi connectivity index (χ4v) is 6.38. The molecule has 0 bridgehead atoms. The van der Waals surface area contributed by atoms with E-state index in [-0.39, 0.29) is 11.2 Å². The maximum Gasteiger partial charge on any atom is 0.220 e. The molecule has 1 saturated heterocycles. The van der Waals surface area contributed by atoms with E-state index in [0.29, 0.717) is 50.6 Å². The molecule has 9 nitrogen and oxygen atoms in total. The second-order valence-corrected chi connectivity index (χ2v) is 10.4. The third-order valence-electron chi connectivity index (χ3n) is 6.80. The average Bonchev–Trinajstić information content (AvgIpc) is 3.17. The molecule has 1 N–H and O–H groups in total. The molecule has 0 aromatic carbocycles. The fourth-order valence-electron chi connectivity index (χ4n) is 4.95. The highest BCUT2D eigenvalue weighted by atomic mass is 32.2. The number of rotatable bonds is 7. The molecule has 4 rings (SSSR count). The predicted octanol–water partition coefficient (Wildman–Crippen LogP) is 1.44. The standard InChI is InChI=1S/C20H33N5O4S/c1-3-21-19(22-17-14-18(28-4-2)20(17)7-5-8-20)24-9-11-25(12-10-24)30(26,27)15-16-6-13-29-23-16/h6,13,17-18H,3-5,7-12,14-15H2,1-2H3,(H,21,22). The molecule has 3 fully saturated rings. The van der Waals surface area contributed by atoms with Crippen molar-refractivity contribution < 1.29 is 17.7 Å². The second kappa shape index (κ2) is 8.84. The Kier molecular flexibility index (Phi) is 6.36. The quantitative estimate of drug-likeness (QED) is 0.507. The van der Waals surface area contributed by atoms with Gasteiger partial charge in [0.2, 0.25) is 10.0 Å². The molecule has 0 amide bonds. The first-order valence-corrected chi connectivity index (χ1v) is 12.6. The highest BCUT2D eigenvalue weighted by Gasteiger charge is 2.59. The molecule has 2 unspecified atom stereocenters. The Morgan fingerprint density at radius 2 is 2.10 bits per heavy atom. The van der Waals surface area contributed by atoms with Crippen LogP contribution in [0.3, 0.4) is 0 Å². The lowest BCUT2D eigenvalue weighted by molar-refractivity contribution is -0.169. The molecular formula is C20H33N5O4S. The van der Waals surface area contributed by atoms with Crippen molar-refractivity contribution >= 4 is 16.0 Å². The van der Waals surface area contributed by atoms with Gasteiger partial charge in [0.25, 0.3) is 0 Å². The van der Waals surface area contributed by atoms with Crippen molar-refractivity contribution in [1.29, 1.82) is 0 Å². The van der Waals surface area contributed by atoms with Crippen molar-refractivity contribution in [1.82, 2.24) is 19.7 Å². The molecule has 2 heterocycles. The van der Waals surface area contributed by atoms with Crippen LogP contribution in [0.4, 0.5) is 0 Å². The number of hydrogen-bond acceptors (Lipinski definition) is 6. The van der Waals surface area contributed by atoms with Gasteiger partial charge in [-0.05, 0) is 33.1 Å². The lowest BCUT2D eigenvalue weighted by atomic mass is 9.51. The van der Waals surface area contributed by atoms with E-state index in [0.717, 1.165) is 19.0 Å². The molecule has 168 valence electrons. The van der Waals surface area contributed by atoms with E-state index in [1.54, 1.807) is 10.4 Å². The van der Waals surface area contributed by atoms with Crippen LogP contribution in [0.1, 0.15) is 45.2 Å². The van der Waals surface area contributed by atoms with Gasteiger partial charge < -0.3 is 19.5 Å². The zero-order valence-electron chi connectivity index (χ0n) is 17.9. The lowest BCUT2D eigenvalue weighted by Gasteiger charge is -2.61. The summed E-state index contributed by atoms with van der Waals surface area (Å²) >= 11 is 0. The predicted molar refractivity (Wildman–Crippen MR) is 113 cm³/mol. The van der Waals surface area contributed by atoms with Crippen molar-refractivity contribution in [3.05, 3.63) is 18.0 Å². The van der Waals surface area contributed by atoms with Crippen LogP contribution in [-0.2, 0) is 20.5 Å². The Morgan fingerprint density at radius 3 is 2.67 bits per heavy atom. The Balaban J connectivity index is 1.35. The van der Waals surface area contributed by atoms with Gasteiger partial charge in [0.1, 0.15) is 12.0 Å². The van der Waals surface area contributed by atoms with Crippen molar-refractivity contribution in [2.75, 3.05) is 39.3 Å². The summed E-state index contributed by atoms with van der Waals surface area (Å²) in [6.45, 7) is 7.69. The van der Waals surface area contributed by atoms with Gasteiger partial charge in [-0.3, -0.25) is 4.99 Å². The van der Waals surface area contributed by atoms with Gasteiger partial charge >= 0.3 is 0 Å². The van der Waals surface area contributed by atoms with E-state index in [4.69, 9.17) is 14.3 Å². The summed E-state index contributed by atoms with van der Waals surface area (Å²) in [6.07, 6.45) is 6.46. The third-order valence-corrected chi connectivity index (χ3v) is 8.61. The molecule has 1 spiro atoms. The monoisotopic (exact) mass is 439 g/mol. The van der Waals surface area contributed by atoms with E-state index >= 15 is 0 Å². The van der Waals surface area contributed by atoms with Crippen molar-refractivity contribution in [2.24, 2.45) is 10.4 Å². The Bertz CT molecular complexity index is 829. The summed E-state index contributed by atoms with van der Waals surface area (Å²) in [4.78, 5) is 6.90. The number of aliphatic imine (C=N–C) groups is 1. The first kappa shape index (κ1) is 21.6. The molecule has 0 radical (unpaired) electrons. The lowest BCUT2D eigenvalue weighted by Crippen LogP contribution is -2.69. The van der Waals surface area contributed by atoms with Crippen LogP contribution in [0.15, 0.2) is 21.8 Å². The van der Waals surface area contributed by atoms with Crippen LogP contribution in [0, 0.1) is 5.41 Å². The van der Waals surface area contributed by atoms with Gasteiger partial charge in [-0.25, -0.2) is 8.42 Å². The maximum atomic E-state index is 12.7. The number of piperazine rings is 1. The van der Waals surface area contributed by atoms with Gasteiger partial charge in [-0.15, -0.1) is 0 Å². The molecule has 1 aromatic rings. The number of aromatic nitrogens is 1. The van der Waals surface area contributed by atoms with Crippen LogP contribution < -0.4 is 5.32 Å². The minimum absolute atomic E-state index is 0.124. The van der Waals surface area contributed by atoms with Crippen LogP contribution in [0.2, 0.25) is 0 Å². The third kappa shape index (κ3) is 4.09. The van der Waals surface area contributed by atoms with E-state index in [2.05, 4.69) is 22.3 Å². The number of ether oxygens (including phenoxy) is 1. The van der Waals surface area contributed by atoms with Crippen LogP contribution in [-0.4, -0.2) is 80.2 Å². The van der Waals surface area contributed by atoms with Gasteiger partial charge in [0.15, 0.2) is 5.96 Å². The van der Waals surface area contributed by atoms with Crippen LogP contribution in [0.5, 0.6) is 0 Å². The first-order valence-electron chi connectivity index (χ1n) is 11.0. The summed E-state index contributed by atoms with van der Waals surface area (Å²) < 4.78 is 37.6. The van der Waals surface area contributed by atoms with Crippen molar-refractivity contribution in [3.8, 4) is 0 Å². The molecule has 2 aliphatic carbocycles. The zero-order chi connectivity index (χ0) is 21.2. The average molecular weight is 440 g/mol. The van der Waals surface area contributed by atoms with Gasteiger partial charge in [-0.1, -0.05) is 11.6 Å². The number of hydrogen-bond donors (Lipinski definition) is 1. The molecule has 10 heteroatoms. The van der Waals surface area contributed by atoms with E-state index in [9.17, 15) is 8.42 Å². The van der Waals surface area contributed by atoms with Gasteiger partial charge in [-0.2, -0.15) is 4.31 Å². The Morgan fingerprint density at radius 1 is 1.33 bits per heavy atom. The van der Waals surface area contributed by atoms with E-state index < -0.39 is 10.0 Å². The van der Waals surface area contributed by atoms with Gasteiger partial charge in [0.05, 0.1) is 11.8 Å². The van der Waals surface area contributed by atoms with Crippen molar-refractivity contribution in [3.63, 3.8) is 0 Å².